The Balaban J connectivity index is 1.49. The van der Waals surface area contributed by atoms with Crippen LogP contribution in [0.4, 0.5) is 0 Å². The van der Waals surface area contributed by atoms with Gasteiger partial charge in [0.1, 0.15) is 96.1 Å². The number of aliphatic carboxylic acids is 3. The zero-order valence-corrected chi connectivity index (χ0v) is 62.7. The first-order chi connectivity index (χ1) is 51.8. The third kappa shape index (κ3) is 29.8. The quantitative estimate of drug-likeness (QED) is 0.0277. The average Bonchev–Trinajstić information content (AvgIpc) is 1.63. The molecule has 39 heteroatoms. The van der Waals surface area contributed by atoms with Gasteiger partial charge in [0.05, 0.1) is 6.04 Å². The maximum Gasteiger partial charge on any atom is 0.325 e. The highest BCUT2D eigenvalue weighted by atomic mass is 16.4. The molecule has 14 amide bonds. The van der Waals surface area contributed by atoms with Gasteiger partial charge in [0, 0.05) is 38.8 Å². The van der Waals surface area contributed by atoms with E-state index in [-0.39, 0.29) is 95.5 Å². The highest BCUT2D eigenvalue weighted by molar-refractivity contribution is 6.00. The molecule has 15 atom stereocenters. The Morgan fingerprint density at radius 1 is 0.373 bits per heavy atom. The van der Waals surface area contributed by atoms with Crippen LogP contribution in [0.5, 0.6) is 11.5 Å². The van der Waals surface area contributed by atoms with E-state index in [4.69, 9.17) is 22.3 Å². The molecule has 2 aliphatic rings. The minimum absolute atomic E-state index is 0.0424. The van der Waals surface area contributed by atoms with E-state index in [1.54, 1.807) is 0 Å². The Labute approximate surface area is 635 Å². The summed E-state index contributed by atoms with van der Waals surface area (Å²) in [7, 11) is 0. The molecule has 23 N–H and O–H groups in total. The molecule has 0 spiro atoms. The van der Waals surface area contributed by atoms with Crippen LogP contribution in [-0.2, 0) is 94.3 Å². The number of nitrogens with two attached hydrogens (primary N) is 3. The van der Waals surface area contributed by atoms with E-state index in [2.05, 4.69) is 63.8 Å². The average molecular weight is 1550 g/mol. The third-order valence-electron chi connectivity index (χ3n) is 18.3. The molecule has 0 unspecified atom stereocenters. The van der Waals surface area contributed by atoms with Gasteiger partial charge in [-0.3, -0.25) is 81.5 Å². The summed E-state index contributed by atoms with van der Waals surface area (Å²) >= 11 is 0. The van der Waals surface area contributed by atoms with E-state index in [1.807, 2.05) is 0 Å². The molecule has 2 heterocycles. The maximum absolute atomic E-state index is 14.6. The van der Waals surface area contributed by atoms with Crippen LogP contribution in [0.3, 0.4) is 0 Å². The number of nitrogens with zero attached hydrogens (tertiary/aromatic N) is 2. The second-order valence-electron chi connectivity index (χ2n) is 27.4. The molecule has 0 aromatic heterocycles. The van der Waals surface area contributed by atoms with Crippen LogP contribution in [0, 0.1) is 0 Å². The summed E-state index contributed by atoms with van der Waals surface area (Å²) in [5.74, 6) is -16.3. The lowest BCUT2D eigenvalue weighted by Gasteiger charge is -2.30. The predicted molar refractivity (Wildman–Crippen MR) is 391 cm³/mol. The molecule has 2 aromatic carbocycles. The number of carbonyl (C=O) groups is 17. The highest BCUT2D eigenvalue weighted by Crippen LogP contribution is 2.22. The van der Waals surface area contributed by atoms with Gasteiger partial charge in [0.2, 0.25) is 82.7 Å². The van der Waals surface area contributed by atoms with Gasteiger partial charge in [-0.2, -0.15) is 0 Å². The molecule has 2 saturated heterocycles. The topological polar surface area (TPSA) is 620 Å². The van der Waals surface area contributed by atoms with Crippen molar-refractivity contribution < 1.29 is 107 Å². The van der Waals surface area contributed by atoms with E-state index in [0.29, 0.717) is 36.8 Å². The highest BCUT2D eigenvalue weighted by Gasteiger charge is 2.41. The number of unbranched alkanes of at least 4 members (excludes halogenated alkanes) is 2. The fourth-order valence-electron chi connectivity index (χ4n) is 11.8. The summed E-state index contributed by atoms with van der Waals surface area (Å²) in [6.07, 6.45) is -0.284. The number of phenols is 2. The Kier molecular flexibility index (Phi) is 37.4. The van der Waals surface area contributed by atoms with Gasteiger partial charge < -0.3 is 116 Å². The van der Waals surface area contributed by atoms with Gasteiger partial charge in [0.25, 0.3) is 0 Å². The van der Waals surface area contributed by atoms with Crippen LogP contribution >= 0.6 is 0 Å². The van der Waals surface area contributed by atoms with Crippen molar-refractivity contribution in [3.05, 3.63) is 59.7 Å². The SMILES string of the molecule is C[C@H](NC(=O)[C@@H]1CCCN1C(=O)[C@H](C)NC(=O)[C@H](C)NC(=O)[C@H](C)NC(=O)[C@H](C)NC(=O)[C@H](Cc1ccc(O)cc1)NC(=O)[C@H](CCCCN)NC(=O)[C@H](C)NC(=O)[C@H](CCC(=O)O)NC(=O)[C@H](Cc1ccc(O)cc1)NC(=O)[C@H](CCCCN)NC(=O)[C@@H]1CCCN1C(=O)[C@H](C)NC(=O)[C@@H](N)CCC(=O)O)C(=O)O. The molecule has 0 saturated carbocycles. The number of amides is 14. The zero-order valence-electron chi connectivity index (χ0n) is 62.7. The Hall–Kier alpha value is -11.1. The van der Waals surface area contributed by atoms with Gasteiger partial charge in [0.15, 0.2) is 0 Å². The van der Waals surface area contributed by atoms with Gasteiger partial charge in [-0.25, -0.2) is 0 Å². The summed E-state index contributed by atoms with van der Waals surface area (Å²) < 4.78 is 0. The molecular formula is C71H107N17O22. The summed E-state index contributed by atoms with van der Waals surface area (Å²) in [4.78, 5) is 230. The van der Waals surface area contributed by atoms with E-state index < -0.39 is 210 Å². The van der Waals surface area contributed by atoms with Crippen molar-refractivity contribution in [3.8, 4) is 11.5 Å². The first-order valence-corrected chi connectivity index (χ1v) is 36.5. The second-order valence-corrected chi connectivity index (χ2v) is 27.4. The van der Waals surface area contributed by atoms with Gasteiger partial charge in [-0.05, 0) is 174 Å². The van der Waals surface area contributed by atoms with Crippen molar-refractivity contribution in [1.82, 2.24) is 73.6 Å². The van der Waals surface area contributed by atoms with Gasteiger partial charge in [-0.1, -0.05) is 24.3 Å². The summed E-state index contributed by atoms with van der Waals surface area (Å²) in [5, 5.41) is 78.1. The van der Waals surface area contributed by atoms with E-state index in [0.717, 1.165) is 0 Å². The molecular weight excluding hydrogens is 1440 g/mol. The largest absolute Gasteiger partial charge is 0.508 e. The number of rotatable bonds is 45. The molecule has 39 nitrogen and oxygen atoms in total. The molecule has 2 fully saturated rings. The van der Waals surface area contributed by atoms with Crippen LogP contribution < -0.4 is 81.0 Å². The Bertz CT molecular complexity index is 3590. The number of aromatic hydroxyl groups is 2. The number of likely N-dealkylation sites (tertiary alicyclic amines) is 2. The number of nitrogens with one attached hydrogen (secondary N) is 12. The van der Waals surface area contributed by atoms with Crippen molar-refractivity contribution in [2.24, 2.45) is 17.2 Å². The van der Waals surface area contributed by atoms with Crippen LogP contribution in [0.1, 0.15) is 149 Å². The summed E-state index contributed by atoms with van der Waals surface area (Å²) in [6, 6.07) is -9.36. The van der Waals surface area contributed by atoms with E-state index >= 15 is 0 Å². The number of hydrogen-bond donors (Lipinski definition) is 20. The monoisotopic (exact) mass is 1550 g/mol. The van der Waals surface area contributed by atoms with Crippen molar-refractivity contribution in [2.75, 3.05) is 26.2 Å². The Morgan fingerprint density at radius 3 is 1.08 bits per heavy atom. The number of hydrogen-bond acceptors (Lipinski definition) is 22. The van der Waals surface area contributed by atoms with Crippen LogP contribution in [0.15, 0.2) is 48.5 Å². The van der Waals surface area contributed by atoms with Crippen LogP contribution in [-0.4, -0.2) is 253 Å². The molecule has 0 radical (unpaired) electrons. The van der Waals surface area contributed by atoms with Crippen molar-refractivity contribution in [1.29, 1.82) is 0 Å². The van der Waals surface area contributed by atoms with Crippen molar-refractivity contribution in [2.45, 2.75) is 242 Å². The number of phenolic OH excluding ortho intramolecular Hbond substituents is 2. The zero-order chi connectivity index (χ0) is 82.2. The predicted octanol–water partition coefficient (Wildman–Crippen LogP) is -4.78. The second kappa shape index (κ2) is 45.0. The summed E-state index contributed by atoms with van der Waals surface area (Å²) in [5.41, 5.74) is 18.2. The lowest BCUT2D eigenvalue weighted by molar-refractivity contribution is -0.144. The van der Waals surface area contributed by atoms with E-state index in [9.17, 15) is 102 Å². The number of carbonyl (C=O) groups excluding carboxylic acids is 14. The Morgan fingerprint density at radius 2 is 0.682 bits per heavy atom. The lowest BCUT2D eigenvalue weighted by atomic mass is 10.0. The minimum atomic E-state index is -1.74. The molecule has 0 bridgehead atoms. The fraction of sp³-hybridized carbons (Fsp3) is 0.592. The van der Waals surface area contributed by atoms with Crippen LogP contribution in [0.25, 0.3) is 0 Å². The first kappa shape index (κ1) is 91.3. The van der Waals surface area contributed by atoms with Crippen molar-refractivity contribution >= 4 is 101 Å². The lowest BCUT2D eigenvalue weighted by Crippen LogP contribution is -2.60. The summed E-state index contributed by atoms with van der Waals surface area (Å²) in [6.45, 7) is 9.62. The first-order valence-electron chi connectivity index (χ1n) is 36.5. The third-order valence-corrected chi connectivity index (χ3v) is 18.3. The minimum Gasteiger partial charge on any atom is -0.508 e. The molecule has 608 valence electrons. The van der Waals surface area contributed by atoms with Crippen molar-refractivity contribution in [3.63, 3.8) is 0 Å². The normalized spacial score (nSPS) is 17.4. The van der Waals surface area contributed by atoms with Crippen LogP contribution in [0.2, 0.25) is 0 Å². The molecule has 2 aliphatic heterocycles. The van der Waals surface area contributed by atoms with E-state index in [1.165, 1.54) is 107 Å². The smallest absolute Gasteiger partial charge is 0.325 e. The molecule has 2 aromatic rings. The van der Waals surface area contributed by atoms with Gasteiger partial charge >= 0.3 is 17.9 Å². The molecule has 4 rings (SSSR count). The molecule has 110 heavy (non-hydrogen) atoms. The number of carboxylic acids is 3. The standard InChI is InChI=1S/C71H107N17O22/c1-36(57(95)76-37(2)59(97)79-40(5)69(107)87-32-12-16-53(87)67(105)81-42(7)71(109)110)75-58(96)38(3)78-65(103)51(34-43-18-22-45(89)23-19-43)85-63(101)48(14-8-10-30-72)82-60(98)39(4)77-62(100)50(27-29-56(93)94)83-66(104)52(35-44-20-24-46(90)25-21-44)86-64(102)49(15-9-11-31-73)84-68(106)54-17-13-33-88(54)70(108)41(6)80-61(99)47(74)26-28-55(91)92/h18-25,36-42,47-54,89-90H,8-17,26-35,72-74H2,1-7H3,(H,75,96)(H,76,95)(H,77,100)(H,78,103)(H,79,97)(H,80,99)(H,81,105)(H,82,98)(H,83,104)(H,84,106)(H,85,101)(H,86,102)(H,91,92)(H,93,94)(H,109,110)/t36-,37-,38-,39-,40-,41-,42-,47-,48-,49-,50-,51-,52-,53-,54-/m0/s1. The molecule has 0 aliphatic carbocycles. The fourth-order valence-corrected chi connectivity index (χ4v) is 11.8. The maximum atomic E-state index is 14.6. The number of benzene rings is 2. The van der Waals surface area contributed by atoms with Gasteiger partial charge in [-0.15, -0.1) is 0 Å². The number of carboxylic acid groups (broad SMARTS) is 3.